The van der Waals surface area contributed by atoms with E-state index in [1.807, 2.05) is 11.5 Å². The molecule has 0 unspecified atom stereocenters. The predicted molar refractivity (Wildman–Crippen MR) is 140 cm³/mol. The van der Waals surface area contributed by atoms with Crippen LogP contribution in [0.25, 0.3) is 0 Å². The average molecular weight is 513 g/mol. The number of benzene rings is 1. The molecule has 0 aliphatic heterocycles. The summed E-state index contributed by atoms with van der Waals surface area (Å²) in [6, 6.07) is 10.0. The van der Waals surface area contributed by atoms with Gasteiger partial charge in [0.05, 0.1) is 31.5 Å². The van der Waals surface area contributed by atoms with Gasteiger partial charge < -0.3 is 13.7 Å². The third-order valence-electron chi connectivity index (χ3n) is 6.84. The zero-order valence-corrected chi connectivity index (χ0v) is 23.4. The van der Waals surface area contributed by atoms with E-state index >= 15 is 0 Å². The number of aromatic nitrogens is 4. The molecule has 3 rings (SSSR count). The third kappa shape index (κ3) is 7.07. The van der Waals surface area contributed by atoms with E-state index < -0.39 is 8.32 Å². The molecule has 0 radical (unpaired) electrons. The first-order chi connectivity index (χ1) is 16.9. The molecular formula is C27H37FN4O3Si. The van der Waals surface area contributed by atoms with E-state index in [0.717, 1.165) is 35.0 Å². The largest absolute Gasteiger partial charge is 0.465 e. The van der Waals surface area contributed by atoms with Crippen LogP contribution in [-0.4, -0.2) is 41.1 Å². The molecule has 1 aromatic carbocycles. The number of methoxy groups -OCH3 is 1. The van der Waals surface area contributed by atoms with Crippen molar-refractivity contribution < 1.29 is 18.3 Å². The first kappa shape index (κ1) is 27.7. The van der Waals surface area contributed by atoms with Gasteiger partial charge in [-0.25, -0.2) is 9.18 Å². The number of ether oxygens (including phenoxy) is 1. The summed E-state index contributed by atoms with van der Waals surface area (Å²) < 4.78 is 26.6. The molecule has 9 heteroatoms. The Morgan fingerprint density at radius 3 is 2.36 bits per heavy atom. The third-order valence-corrected chi connectivity index (χ3v) is 11.3. The van der Waals surface area contributed by atoms with E-state index in [1.54, 1.807) is 24.3 Å². The summed E-state index contributed by atoms with van der Waals surface area (Å²) in [6.07, 6.45) is 2.14. The molecule has 0 amide bonds. The smallest absolute Gasteiger partial charge is 0.337 e. The molecule has 0 spiro atoms. The standard InChI is InChI=1S/C27H37FN4O3Si/c1-19-30-31-25(32(19)17-20-11-13-22(28)14-12-20)10-8-9-23-15-21(26(33)34-5)16-24(29-23)18-35-36(6,7)27(2,3)4/h11-16H,8-10,17-18H2,1-7H3. The Bertz CT molecular complexity index is 1190. The van der Waals surface area contributed by atoms with Gasteiger partial charge in [0.25, 0.3) is 0 Å². The van der Waals surface area contributed by atoms with Crippen molar-refractivity contribution in [2.75, 3.05) is 7.11 Å². The second-order valence-electron chi connectivity index (χ2n) is 10.6. The number of aryl methyl sites for hydroxylation is 3. The van der Waals surface area contributed by atoms with Crippen molar-refractivity contribution in [3.63, 3.8) is 0 Å². The fraction of sp³-hybridized carbons (Fsp3) is 0.481. The molecule has 0 atom stereocenters. The zero-order chi connectivity index (χ0) is 26.5. The zero-order valence-electron chi connectivity index (χ0n) is 22.4. The lowest BCUT2D eigenvalue weighted by Crippen LogP contribution is -2.40. The molecule has 194 valence electrons. The molecular weight excluding hydrogens is 475 g/mol. The lowest BCUT2D eigenvalue weighted by atomic mass is 10.1. The second kappa shape index (κ2) is 11.4. The second-order valence-corrected chi connectivity index (χ2v) is 15.4. The summed E-state index contributed by atoms with van der Waals surface area (Å²) in [7, 11) is -0.582. The molecule has 0 saturated carbocycles. The summed E-state index contributed by atoms with van der Waals surface area (Å²) in [5, 5.41) is 8.66. The molecule has 0 aliphatic rings. The van der Waals surface area contributed by atoms with Crippen LogP contribution in [0, 0.1) is 12.7 Å². The van der Waals surface area contributed by atoms with Crippen molar-refractivity contribution in [2.45, 2.75) is 78.2 Å². The van der Waals surface area contributed by atoms with Crippen molar-refractivity contribution in [2.24, 2.45) is 0 Å². The quantitative estimate of drug-likeness (QED) is 0.258. The molecule has 0 saturated heterocycles. The van der Waals surface area contributed by atoms with E-state index in [9.17, 15) is 9.18 Å². The lowest BCUT2D eigenvalue weighted by Gasteiger charge is -2.36. The molecule has 7 nitrogen and oxygen atoms in total. The minimum atomic E-state index is -1.96. The molecule has 36 heavy (non-hydrogen) atoms. The Hall–Kier alpha value is -2.91. The molecule has 0 aliphatic carbocycles. The first-order valence-corrected chi connectivity index (χ1v) is 15.2. The average Bonchev–Trinajstić information content (AvgIpc) is 3.17. The lowest BCUT2D eigenvalue weighted by molar-refractivity contribution is 0.0600. The summed E-state index contributed by atoms with van der Waals surface area (Å²) in [5.74, 6) is 1.03. The SMILES string of the molecule is COC(=O)c1cc(CCCc2nnc(C)n2Cc2ccc(F)cc2)nc(CO[Si](C)(C)C(C)(C)C)c1. The van der Waals surface area contributed by atoms with E-state index in [0.29, 0.717) is 31.6 Å². The highest BCUT2D eigenvalue weighted by Gasteiger charge is 2.37. The molecule has 2 heterocycles. The van der Waals surface area contributed by atoms with Crippen LogP contribution in [0.5, 0.6) is 0 Å². The molecule has 0 bridgehead atoms. The molecule has 0 fully saturated rings. The Balaban J connectivity index is 1.71. The van der Waals surface area contributed by atoms with Crippen LogP contribution in [0.15, 0.2) is 36.4 Å². The van der Waals surface area contributed by atoms with Crippen molar-refractivity contribution in [1.29, 1.82) is 0 Å². The highest BCUT2D eigenvalue weighted by Crippen LogP contribution is 2.37. The van der Waals surface area contributed by atoms with Gasteiger partial charge in [0, 0.05) is 12.1 Å². The summed E-state index contributed by atoms with van der Waals surface area (Å²) >= 11 is 0. The van der Waals surface area contributed by atoms with E-state index in [4.69, 9.17) is 14.1 Å². The Morgan fingerprint density at radius 2 is 1.72 bits per heavy atom. The fourth-order valence-electron chi connectivity index (χ4n) is 3.57. The maximum absolute atomic E-state index is 13.3. The van der Waals surface area contributed by atoms with Crippen LogP contribution in [0.1, 0.15) is 66.2 Å². The van der Waals surface area contributed by atoms with Crippen molar-refractivity contribution in [3.8, 4) is 0 Å². The summed E-state index contributed by atoms with van der Waals surface area (Å²) in [5.41, 5.74) is 3.01. The summed E-state index contributed by atoms with van der Waals surface area (Å²) in [6.45, 7) is 13.8. The summed E-state index contributed by atoms with van der Waals surface area (Å²) in [4.78, 5) is 17.1. The number of rotatable bonds is 10. The number of hydrogen-bond acceptors (Lipinski definition) is 6. The van der Waals surface area contributed by atoms with Gasteiger partial charge in [0.2, 0.25) is 0 Å². The van der Waals surface area contributed by atoms with Gasteiger partial charge in [-0.15, -0.1) is 10.2 Å². The van der Waals surface area contributed by atoms with Crippen LogP contribution in [0.4, 0.5) is 4.39 Å². The Labute approximate surface area is 214 Å². The Kier molecular flexibility index (Phi) is 8.79. The minimum Gasteiger partial charge on any atom is -0.465 e. The van der Waals surface area contributed by atoms with Crippen LogP contribution in [0.3, 0.4) is 0 Å². The van der Waals surface area contributed by atoms with Crippen LogP contribution in [0.2, 0.25) is 18.1 Å². The van der Waals surface area contributed by atoms with E-state index in [1.165, 1.54) is 19.2 Å². The van der Waals surface area contributed by atoms with Crippen LogP contribution >= 0.6 is 0 Å². The number of halogens is 1. The van der Waals surface area contributed by atoms with Crippen molar-refractivity contribution in [3.05, 3.63) is 76.4 Å². The predicted octanol–water partition coefficient (Wildman–Crippen LogP) is 5.65. The highest BCUT2D eigenvalue weighted by atomic mass is 28.4. The minimum absolute atomic E-state index is 0.0811. The van der Waals surface area contributed by atoms with E-state index in [2.05, 4.69) is 44.1 Å². The van der Waals surface area contributed by atoms with Crippen LogP contribution < -0.4 is 0 Å². The van der Waals surface area contributed by atoms with Crippen molar-refractivity contribution in [1.82, 2.24) is 19.7 Å². The van der Waals surface area contributed by atoms with Gasteiger partial charge >= 0.3 is 5.97 Å². The number of hydrogen-bond donors (Lipinski definition) is 0. The highest BCUT2D eigenvalue weighted by molar-refractivity contribution is 6.74. The molecule has 0 N–H and O–H groups in total. The van der Waals surface area contributed by atoms with Gasteiger partial charge in [0.15, 0.2) is 8.32 Å². The van der Waals surface area contributed by atoms with Gasteiger partial charge in [-0.3, -0.25) is 4.98 Å². The number of esters is 1. The van der Waals surface area contributed by atoms with Crippen LogP contribution in [-0.2, 0) is 35.2 Å². The van der Waals surface area contributed by atoms with Gasteiger partial charge in [-0.1, -0.05) is 32.9 Å². The van der Waals surface area contributed by atoms with E-state index in [-0.39, 0.29) is 16.8 Å². The molecule has 3 aromatic rings. The number of nitrogens with zero attached hydrogens (tertiary/aromatic N) is 4. The van der Waals surface area contributed by atoms with Gasteiger partial charge in [-0.05, 0) is 67.7 Å². The Morgan fingerprint density at radius 1 is 1.06 bits per heavy atom. The number of pyridine rings is 1. The monoisotopic (exact) mass is 512 g/mol. The normalized spacial score (nSPS) is 12.1. The molecule has 2 aromatic heterocycles. The number of carbonyl (C=O) groups is 1. The first-order valence-electron chi connectivity index (χ1n) is 12.2. The van der Waals surface area contributed by atoms with Gasteiger partial charge in [0.1, 0.15) is 17.5 Å². The maximum atomic E-state index is 13.3. The maximum Gasteiger partial charge on any atom is 0.337 e. The van der Waals surface area contributed by atoms with Gasteiger partial charge in [-0.2, -0.15) is 0 Å². The number of carbonyl (C=O) groups excluding carboxylic acids is 1. The van der Waals surface area contributed by atoms with Crippen molar-refractivity contribution >= 4 is 14.3 Å². The topological polar surface area (TPSA) is 79.1 Å². The fourth-order valence-corrected chi connectivity index (χ4v) is 4.52.